The molecule has 1 rings (SSSR count). The van der Waals surface area contributed by atoms with Crippen molar-refractivity contribution in [3.63, 3.8) is 0 Å². The van der Waals surface area contributed by atoms with Crippen LogP contribution in [0.15, 0.2) is 12.3 Å². The largest absolute Gasteiger partial charge is 0.389 e. The van der Waals surface area contributed by atoms with E-state index in [0.29, 0.717) is 0 Å². The molecule has 0 N–H and O–H groups in total. The third kappa shape index (κ3) is 4.14. The molecule has 0 spiro atoms. The predicted molar refractivity (Wildman–Crippen MR) is 47.4 cm³/mol. The smallest absolute Gasteiger partial charge is 0.292 e. The molecule has 0 atom stereocenters. The van der Waals surface area contributed by atoms with Gasteiger partial charge in [-0.25, -0.2) is 0 Å². The number of ketones is 1. The summed E-state index contributed by atoms with van der Waals surface area (Å²) in [6.45, 7) is 0. The van der Waals surface area contributed by atoms with Crippen LogP contribution >= 0.6 is 0 Å². The molecular weight excluding hydrogens is 209 g/mol. The summed E-state index contributed by atoms with van der Waals surface area (Å²) in [6.07, 6.45) is -3.83. The Kier molecular flexibility index (Phi) is 3.49. The maximum absolute atomic E-state index is 11.8. The summed E-state index contributed by atoms with van der Waals surface area (Å²) in [4.78, 5) is 11.3. The minimum atomic E-state index is -4.19. The Morgan fingerprint density at radius 1 is 1.53 bits per heavy atom. The number of halogens is 3. The van der Waals surface area contributed by atoms with Crippen LogP contribution in [-0.4, -0.2) is 21.7 Å². The van der Waals surface area contributed by atoms with Gasteiger partial charge in [-0.3, -0.25) is 9.48 Å². The molecule has 1 heterocycles. The molecule has 0 aliphatic rings. The molecule has 0 amide bonds. The van der Waals surface area contributed by atoms with Crippen molar-refractivity contribution in [3.8, 4) is 0 Å². The van der Waals surface area contributed by atoms with Crippen LogP contribution in [0.25, 0.3) is 0 Å². The molecule has 1 aromatic rings. The van der Waals surface area contributed by atoms with Gasteiger partial charge in [0.05, 0.1) is 0 Å². The fourth-order valence-corrected chi connectivity index (χ4v) is 1.14. The second-order valence-electron chi connectivity index (χ2n) is 3.27. The Balaban J connectivity index is 2.37. The van der Waals surface area contributed by atoms with Gasteiger partial charge in [-0.2, -0.15) is 18.3 Å². The maximum Gasteiger partial charge on any atom is 0.389 e. The molecule has 0 fully saturated rings. The van der Waals surface area contributed by atoms with Crippen molar-refractivity contribution in [2.45, 2.75) is 25.4 Å². The fourth-order valence-electron chi connectivity index (χ4n) is 1.14. The molecule has 0 aliphatic heterocycles. The van der Waals surface area contributed by atoms with Crippen molar-refractivity contribution in [2.75, 3.05) is 0 Å². The van der Waals surface area contributed by atoms with E-state index in [9.17, 15) is 18.0 Å². The fraction of sp³-hybridized carbons (Fsp3) is 0.556. The van der Waals surface area contributed by atoms with Crippen molar-refractivity contribution >= 4 is 5.78 Å². The van der Waals surface area contributed by atoms with Gasteiger partial charge in [0, 0.05) is 26.1 Å². The van der Waals surface area contributed by atoms with Crippen LogP contribution in [0.3, 0.4) is 0 Å². The first-order chi connectivity index (χ1) is 6.88. The Hall–Kier alpha value is -1.33. The van der Waals surface area contributed by atoms with Crippen LogP contribution in [0.5, 0.6) is 0 Å². The Bertz CT molecular complexity index is 343. The summed E-state index contributed by atoms with van der Waals surface area (Å²) in [5.74, 6) is -0.347. The highest BCUT2D eigenvalue weighted by molar-refractivity contribution is 5.94. The van der Waals surface area contributed by atoms with E-state index >= 15 is 0 Å². The first-order valence-corrected chi connectivity index (χ1v) is 4.48. The summed E-state index contributed by atoms with van der Waals surface area (Å²) in [5.41, 5.74) is 0.222. The number of nitrogens with zero attached hydrogens (tertiary/aromatic N) is 2. The van der Waals surface area contributed by atoms with Crippen molar-refractivity contribution in [3.05, 3.63) is 18.0 Å². The number of carbonyl (C=O) groups is 1. The van der Waals surface area contributed by atoms with Crippen LogP contribution in [-0.2, 0) is 7.05 Å². The van der Waals surface area contributed by atoms with Gasteiger partial charge in [-0.1, -0.05) is 0 Å². The van der Waals surface area contributed by atoms with Crippen molar-refractivity contribution in [2.24, 2.45) is 7.05 Å². The lowest BCUT2D eigenvalue weighted by Gasteiger charge is -2.03. The van der Waals surface area contributed by atoms with Crippen LogP contribution in [0, 0.1) is 0 Å². The standard InChI is InChI=1S/C9H11F3N2O/c1-14-6-4-7(13-14)8(15)3-2-5-9(10,11)12/h4,6H,2-3,5H2,1H3. The molecule has 0 aliphatic carbocycles. The molecule has 3 nitrogen and oxygen atoms in total. The van der Waals surface area contributed by atoms with E-state index in [4.69, 9.17) is 0 Å². The number of hydrogen-bond acceptors (Lipinski definition) is 2. The molecule has 0 bridgehead atoms. The van der Waals surface area contributed by atoms with Gasteiger partial charge in [0.15, 0.2) is 5.78 Å². The highest BCUT2D eigenvalue weighted by atomic mass is 19.4. The number of Topliss-reactive ketones (excluding diaryl/α,β-unsaturated/α-hetero) is 1. The summed E-state index contributed by atoms with van der Waals surface area (Å²) >= 11 is 0. The van der Waals surface area contributed by atoms with E-state index in [1.807, 2.05) is 0 Å². The van der Waals surface area contributed by atoms with Crippen LogP contribution < -0.4 is 0 Å². The van der Waals surface area contributed by atoms with Crippen LogP contribution in [0.1, 0.15) is 29.8 Å². The molecule has 84 valence electrons. The van der Waals surface area contributed by atoms with Crippen molar-refractivity contribution < 1.29 is 18.0 Å². The molecule has 1 aromatic heterocycles. The third-order valence-electron chi connectivity index (χ3n) is 1.86. The van der Waals surface area contributed by atoms with Gasteiger partial charge in [-0.05, 0) is 12.5 Å². The van der Waals surface area contributed by atoms with Crippen molar-refractivity contribution in [1.82, 2.24) is 9.78 Å². The molecule has 0 radical (unpaired) electrons. The molecule has 0 saturated heterocycles. The van der Waals surface area contributed by atoms with E-state index in [-0.39, 0.29) is 24.3 Å². The number of aromatic nitrogens is 2. The quantitative estimate of drug-likeness (QED) is 0.730. The van der Waals surface area contributed by atoms with E-state index in [0.717, 1.165) is 0 Å². The number of aryl methyl sites for hydroxylation is 1. The average Bonchev–Trinajstić information content (AvgIpc) is 2.49. The molecule has 15 heavy (non-hydrogen) atoms. The van der Waals surface area contributed by atoms with Crippen molar-refractivity contribution in [1.29, 1.82) is 0 Å². The third-order valence-corrected chi connectivity index (χ3v) is 1.86. The zero-order valence-corrected chi connectivity index (χ0v) is 8.21. The lowest BCUT2D eigenvalue weighted by Crippen LogP contribution is -2.09. The van der Waals surface area contributed by atoms with E-state index in [2.05, 4.69) is 5.10 Å². The summed E-state index contributed by atoms with van der Waals surface area (Å²) in [5, 5.41) is 3.81. The zero-order valence-electron chi connectivity index (χ0n) is 8.21. The van der Waals surface area contributed by atoms with Gasteiger partial charge in [0.25, 0.3) is 0 Å². The summed E-state index contributed by atoms with van der Waals surface area (Å²) in [7, 11) is 1.65. The van der Waals surface area contributed by atoms with Gasteiger partial charge in [0.2, 0.25) is 0 Å². The molecule has 0 aromatic carbocycles. The minimum absolute atomic E-state index is 0.115. The first kappa shape index (κ1) is 11.7. The zero-order chi connectivity index (χ0) is 11.5. The molecule has 0 unspecified atom stereocenters. The predicted octanol–water partition coefficient (Wildman–Crippen LogP) is 2.34. The second kappa shape index (κ2) is 4.46. The maximum atomic E-state index is 11.8. The summed E-state index contributed by atoms with van der Waals surface area (Å²) < 4.78 is 36.8. The highest BCUT2D eigenvalue weighted by Crippen LogP contribution is 2.22. The van der Waals surface area contributed by atoms with Gasteiger partial charge < -0.3 is 0 Å². The van der Waals surface area contributed by atoms with Crippen LogP contribution in [0.4, 0.5) is 13.2 Å². The second-order valence-corrected chi connectivity index (χ2v) is 3.27. The first-order valence-electron chi connectivity index (χ1n) is 4.48. The average molecular weight is 220 g/mol. The molecule has 0 saturated carbocycles. The van der Waals surface area contributed by atoms with E-state index in [1.54, 1.807) is 13.2 Å². The molecule has 6 heteroatoms. The summed E-state index contributed by atoms with van der Waals surface area (Å²) in [6, 6.07) is 1.50. The number of rotatable bonds is 4. The Morgan fingerprint density at radius 3 is 2.67 bits per heavy atom. The number of alkyl halides is 3. The lowest BCUT2D eigenvalue weighted by atomic mass is 10.1. The minimum Gasteiger partial charge on any atom is -0.292 e. The Morgan fingerprint density at radius 2 is 2.20 bits per heavy atom. The Labute approximate surface area is 84.9 Å². The van der Waals surface area contributed by atoms with Gasteiger partial charge >= 0.3 is 6.18 Å². The normalized spacial score (nSPS) is 11.7. The van der Waals surface area contributed by atoms with Crippen LogP contribution in [0.2, 0.25) is 0 Å². The monoisotopic (exact) mass is 220 g/mol. The van der Waals surface area contributed by atoms with E-state index in [1.165, 1.54) is 10.7 Å². The topological polar surface area (TPSA) is 34.9 Å². The number of hydrogen-bond donors (Lipinski definition) is 0. The van der Waals surface area contributed by atoms with Gasteiger partial charge in [0.1, 0.15) is 5.69 Å². The number of carbonyl (C=O) groups excluding carboxylic acids is 1. The highest BCUT2D eigenvalue weighted by Gasteiger charge is 2.26. The SMILES string of the molecule is Cn1ccc(C(=O)CCCC(F)(F)F)n1. The molecular formula is C9H11F3N2O. The van der Waals surface area contributed by atoms with E-state index < -0.39 is 12.6 Å². The van der Waals surface area contributed by atoms with Gasteiger partial charge in [-0.15, -0.1) is 0 Å². The lowest BCUT2D eigenvalue weighted by molar-refractivity contribution is -0.135.